The van der Waals surface area contributed by atoms with Crippen LogP contribution in [0.2, 0.25) is 0 Å². The Morgan fingerprint density at radius 2 is 2.00 bits per heavy atom. The van der Waals surface area contributed by atoms with Crippen LogP contribution >= 0.6 is 0 Å². The molecular formula is C19H22FNO4. The van der Waals surface area contributed by atoms with Crippen molar-refractivity contribution >= 4 is 22.8 Å². The number of para-hydroxylation sites is 1. The van der Waals surface area contributed by atoms with Gasteiger partial charge in [-0.1, -0.05) is 31.4 Å². The molecule has 6 heteroatoms. The van der Waals surface area contributed by atoms with Crippen LogP contribution in [-0.2, 0) is 9.53 Å². The number of aryl methyl sites for hydroxylation is 1. The van der Waals surface area contributed by atoms with Gasteiger partial charge in [-0.2, -0.15) is 0 Å². The number of hydrogen-bond donors (Lipinski definition) is 0. The molecule has 1 aromatic carbocycles. The Kier molecular flexibility index (Phi) is 5.06. The van der Waals surface area contributed by atoms with Gasteiger partial charge in [-0.3, -0.25) is 4.79 Å². The fourth-order valence-electron chi connectivity index (χ4n) is 3.37. The van der Waals surface area contributed by atoms with E-state index < -0.39 is 11.8 Å². The topological polar surface area (TPSA) is 59.8 Å². The molecule has 1 saturated carbocycles. The zero-order valence-corrected chi connectivity index (χ0v) is 14.5. The van der Waals surface area contributed by atoms with E-state index in [4.69, 9.17) is 9.15 Å². The first kappa shape index (κ1) is 17.5. The number of ether oxygens (including phenoxy) is 1. The van der Waals surface area contributed by atoms with Gasteiger partial charge in [-0.05, 0) is 25.8 Å². The monoisotopic (exact) mass is 347 g/mol. The highest BCUT2D eigenvalue weighted by molar-refractivity contribution is 5.96. The number of likely N-dealkylation sites (N-methyl/N-ethyl adjacent to an activating group) is 1. The summed E-state index contributed by atoms with van der Waals surface area (Å²) < 4.78 is 24.2. The zero-order chi connectivity index (χ0) is 18.0. The van der Waals surface area contributed by atoms with Crippen LogP contribution in [0.25, 0.3) is 11.0 Å². The largest absolute Gasteiger partial charge is 0.450 e. The summed E-state index contributed by atoms with van der Waals surface area (Å²) >= 11 is 0. The molecule has 3 rings (SSSR count). The molecular weight excluding hydrogens is 325 g/mol. The van der Waals surface area contributed by atoms with Gasteiger partial charge in [-0.15, -0.1) is 0 Å². The van der Waals surface area contributed by atoms with Gasteiger partial charge in [0.05, 0.1) is 0 Å². The smallest absolute Gasteiger partial charge is 0.375 e. The minimum absolute atomic E-state index is 0.0256. The molecule has 1 aliphatic rings. The first-order chi connectivity index (χ1) is 12.0. The van der Waals surface area contributed by atoms with Gasteiger partial charge >= 0.3 is 5.97 Å². The Hall–Kier alpha value is -2.37. The number of rotatable bonds is 4. The number of fused-ring (bicyclic) bond motifs is 1. The van der Waals surface area contributed by atoms with Crippen LogP contribution in [0.3, 0.4) is 0 Å². The molecule has 1 fully saturated rings. The summed E-state index contributed by atoms with van der Waals surface area (Å²) in [5, 5.41) is 0.526. The van der Waals surface area contributed by atoms with Crippen LogP contribution in [0.4, 0.5) is 4.39 Å². The van der Waals surface area contributed by atoms with E-state index in [9.17, 15) is 14.0 Å². The molecule has 5 nitrogen and oxygen atoms in total. The van der Waals surface area contributed by atoms with Crippen molar-refractivity contribution in [3.63, 3.8) is 0 Å². The molecule has 1 aromatic heterocycles. The molecule has 0 N–H and O–H groups in total. The van der Waals surface area contributed by atoms with Crippen LogP contribution in [0.15, 0.2) is 22.6 Å². The van der Waals surface area contributed by atoms with Gasteiger partial charge in [-0.25, -0.2) is 9.18 Å². The molecule has 0 saturated heterocycles. The number of halogens is 1. The van der Waals surface area contributed by atoms with E-state index >= 15 is 0 Å². The average molecular weight is 347 g/mol. The molecule has 0 atom stereocenters. The lowest BCUT2D eigenvalue weighted by Gasteiger charge is -2.31. The maximum atomic E-state index is 13.8. The summed E-state index contributed by atoms with van der Waals surface area (Å²) in [5.74, 6) is -1.58. The molecule has 1 amide bonds. The normalized spacial score (nSPS) is 15.3. The molecule has 1 heterocycles. The molecule has 25 heavy (non-hydrogen) atoms. The van der Waals surface area contributed by atoms with Crippen molar-refractivity contribution in [1.29, 1.82) is 0 Å². The van der Waals surface area contributed by atoms with Crippen LogP contribution in [0, 0.1) is 12.7 Å². The summed E-state index contributed by atoms with van der Waals surface area (Å²) in [6, 6.07) is 4.71. The maximum Gasteiger partial charge on any atom is 0.375 e. The van der Waals surface area contributed by atoms with Gasteiger partial charge in [0.1, 0.15) is 0 Å². The third-order valence-corrected chi connectivity index (χ3v) is 4.94. The van der Waals surface area contributed by atoms with Crippen molar-refractivity contribution in [3.8, 4) is 0 Å². The summed E-state index contributed by atoms with van der Waals surface area (Å²) in [5.41, 5.74) is 0.533. The number of carbonyl (C=O) groups excluding carboxylic acids is 2. The second-order valence-electron chi connectivity index (χ2n) is 6.55. The first-order valence-corrected chi connectivity index (χ1v) is 8.59. The fraction of sp³-hybridized carbons (Fsp3) is 0.474. The SMILES string of the molecule is Cc1c(C(=O)OCC(=O)N(C)C2CCCCC2)oc2c(F)cccc12. The van der Waals surface area contributed by atoms with Gasteiger partial charge in [0.25, 0.3) is 5.91 Å². The summed E-state index contributed by atoms with van der Waals surface area (Å²) in [4.78, 5) is 26.2. The second kappa shape index (κ2) is 7.25. The van der Waals surface area contributed by atoms with Crippen molar-refractivity contribution in [2.24, 2.45) is 0 Å². The lowest BCUT2D eigenvalue weighted by atomic mass is 9.94. The van der Waals surface area contributed by atoms with E-state index in [0.29, 0.717) is 10.9 Å². The summed E-state index contributed by atoms with van der Waals surface area (Å²) in [7, 11) is 1.74. The fourth-order valence-corrected chi connectivity index (χ4v) is 3.37. The standard InChI is InChI=1S/C19H22FNO4/c1-12-14-9-6-10-15(20)18(14)25-17(12)19(23)24-11-16(22)21(2)13-7-4-3-5-8-13/h6,9-10,13H,3-5,7-8,11H2,1-2H3. The average Bonchev–Trinajstić information content (AvgIpc) is 2.98. The van der Waals surface area contributed by atoms with Gasteiger partial charge < -0.3 is 14.1 Å². The number of nitrogens with zero attached hydrogens (tertiary/aromatic N) is 1. The molecule has 0 spiro atoms. The molecule has 0 bridgehead atoms. The van der Waals surface area contributed by atoms with E-state index in [1.165, 1.54) is 12.5 Å². The van der Waals surface area contributed by atoms with E-state index in [1.807, 2.05) is 0 Å². The lowest BCUT2D eigenvalue weighted by molar-refractivity contribution is -0.135. The second-order valence-corrected chi connectivity index (χ2v) is 6.55. The first-order valence-electron chi connectivity index (χ1n) is 8.59. The van der Waals surface area contributed by atoms with Gasteiger partial charge in [0.2, 0.25) is 5.76 Å². The highest BCUT2D eigenvalue weighted by atomic mass is 19.1. The Bertz CT molecular complexity index is 792. The van der Waals surface area contributed by atoms with Crippen molar-refractivity contribution in [1.82, 2.24) is 4.90 Å². The molecule has 2 aromatic rings. The molecule has 0 aliphatic heterocycles. The molecule has 1 aliphatic carbocycles. The molecule has 134 valence electrons. The molecule has 0 radical (unpaired) electrons. The van der Waals surface area contributed by atoms with Crippen LogP contribution < -0.4 is 0 Å². The Balaban J connectivity index is 1.65. The Morgan fingerprint density at radius 3 is 2.68 bits per heavy atom. The number of furan rings is 1. The van der Waals surface area contributed by atoms with Crippen molar-refractivity contribution in [2.45, 2.75) is 45.1 Å². The highest BCUT2D eigenvalue weighted by Gasteiger charge is 2.25. The minimum atomic E-state index is -0.751. The Labute approximate surface area is 145 Å². The third kappa shape index (κ3) is 3.52. The third-order valence-electron chi connectivity index (χ3n) is 4.94. The number of amides is 1. The maximum absolute atomic E-state index is 13.8. The molecule has 0 unspecified atom stereocenters. The van der Waals surface area contributed by atoms with Crippen LogP contribution in [0.5, 0.6) is 0 Å². The van der Waals surface area contributed by atoms with Crippen molar-refractivity contribution < 1.29 is 23.1 Å². The minimum Gasteiger partial charge on any atom is -0.450 e. The highest BCUT2D eigenvalue weighted by Crippen LogP contribution is 2.28. The predicted molar refractivity (Wildman–Crippen MR) is 90.8 cm³/mol. The summed E-state index contributed by atoms with van der Waals surface area (Å²) in [6.45, 7) is 1.32. The number of esters is 1. The summed E-state index contributed by atoms with van der Waals surface area (Å²) in [6.07, 6.45) is 5.41. The van der Waals surface area contributed by atoms with E-state index in [1.54, 1.807) is 31.0 Å². The van der Waals surface area contributed by atoms with Crippen LogP contribution in [0.1, 0.15) is 48.2 Å². The number of hydrogen-bond acceptors (Lipinski definition) is 4. The van der Waals surface area contributed by atoms with E-state index in [-0.39, 0.29) is 29.9 Å². The van der Waals surface area contributed by atoms with Crippen LogP contribution in [-0.4, -0.2) is 36.5 Å². The number of benzene rings is 1. The van der Waals surface area contributed by atoms with E-state index in [2.05, 4.69) is 0 Å². The Morgan fingerprint density at radius 1 is 1.28 bits per heavy atom. The lowest BCUT2D eigenvalue weighted by Crippen LogP contribution is -2.40. The quantitative estimate of drug-likeness (QED) is 0.789. The van der Waals surface area contributed by atoms with Gasteiger partial charge in [0, 0.05) is 24.0 Å². The predicted octanol–water partition coefficient (Wildman–Crippen LogP) is 3.83. The van der Waals surface area contributed by atoms with Crippen molar-refractivity contribution in [2.75, 3.05) is 13.7 Å². The van der Waals surface area contributed by atoms with Crippen molar-refractivity contribution in [3.05, 3.63) is 35.3 Å². The number of carbonyl (C=O) groups is 2. The van der Waals surface area contributed by atoms with Gasteiger partial charge in [0.15, 0.2) is 18.0 Å². The van der Waals surface area contributed by atoms with E-state index in [0.717, 1.165) is 25.7 Å². The zero-order valence-electron chi connectivity index (χ0n) is 14.5.